The second-order valence-corrected chi connectivity index (χ2v) is 6.31. The van der Waals surface area contributed by atoms with Gasteiger partial charge in [0.15, 0.2) is 0 Å². The van der Waals surface area contributed by atoms with Gasteiger partial charge in [-0.3, -0.25) is 0 Å². The minimum atomic E-state index is 0.240. The van der Waals surface area contributed by atoms with Gasteiger partial charge in [-0.2, -0.15) is 0 Å². The number of anilines is 2. The summed E-state index contributed by atoms with van der Waals surface area (Å²) < 4.78 is 5.77. The molecule has 0 spiro atoms. The van der Waals surface area contributed by atoms with Gasteiger partial charge in [0.2, 0.25) is 0 Å². The van der Waals surface area contributed by atoms with Gasteiger partial charge >= 0.3 is 0 Å². The number of pyridine rings is 1. The number of hydrogen-bond acceptors (Lipinski definition) is 5. The maximum absolute atomic E-state index is 5.77. The molecular formula is C17H25N5O. The number of hydrogen-bond donors (Lipinski definition) is 2. The van der Waals surface area contributed by atoms with Crippen LogP contribution in [0.25, 0.3) is 0 Å². The number of imidazole rings is 1. The molecule has 2 atom stereocenters. The van der Waals surface area contributed by atoms with Crippen LogP contribution >= 0.6 is 0 Å². The zero-order valence-corrected chi connectivity index (χ0v) is 14.3. The van der Waals surface area contributed by atoms with E-state index in [1.54, 1.807) is 0 Å². The van der Waals surface area contributed by atoms with Gasteiger partial charge in [0.1, 0.15) is 11.6 Å². The molecule has 2 unspecified atom stereocenters. The first-order valence-corrected chi connectivity index (χ1v) is 8.13. The molecule has 6 nitrogen and oxygen atoms in total. The van der Waals surface area contributed by atoms with Gasteiger partial charge < -0.3 is 19.9 Å². The summed E-state index contributed by atoms with van der Waals surface area (Å²) in [5.41, 5.74) is 3.16. The first kappa shape index (κ1) is 15.8. The number of morpholine rings is 1. The van der Waals surface area contributed by atoms with Crippen molar-refractivity contribution in [1.29, 1.82) is 0 Å². The van der Waals surface area contributed by atoms with Gasteiger partial charge in [-0.15, -0.1) is 0 Å². The van der Waals surface area contributed by atoms with Gasteiger partial charge in [-0.25, -0.2) is 9.97 Å². The number of H-pyrrole nitrogens is 1. The Morgan fingerprint density at radius 1 is 1.26 bits per heavy atom. The Balaban J connectivity index is 1.60. The molecule has 0 radical (unpaired) electrons. The molecule has 2 aromatic rings. The highest BCUT2D eigenvalue weighted by molar-refractivity contribution is 5.49. The lowest BCUT2D eigenvalue weighted by Crippen LogP contribution is -2.45. The van der Waals surface area contributed by atoms with Gasteiger partial charge in [0.25, 0.3) is 0 Å². The van der Waals surface area contributed by atoms with Crippen LogP contribution in [0.3, 0.4) is 0 Å². The minimum absolute atomic E-state index is 0.240. The van der Waals surface area contributed by atoms with E-state index in [1.165, 1.54) is 0 Å². The van der Waals surface area contributed by atoms with E-state index in [-0.39, 0.29) is 12.2 Å². The average molecular weight is 315 g/mol. The van der Waals surface area contributed by atoms with Crippen molar-refractivity contribution in [2.45, 2.75) is 46.4 Å². The Hall–Kier alpha value is -2.08. The quantitative estimate of drug-likeness (QED) is 0.908. The number of nitrogens with one attached hydrogen (secondary N) is 2. The predicted octanol–water partition coefficient (Wildman–Crippen LogP) is 2.65. The Morgan fingerprint density at radius 3 is 2.57 bits per heavy atom. The summed E-state index contributed by atoms with van der Waals surface area (Å²) in [7, 11) is 0. The summed E-state index contributed by atoms with van der Waals surface area (Å²) in [5.74, 6) is 1.95. The van der Waals surface area contributed by atoms with Crippen LogP contribution in [0.15, 0.2) is 18.3 Å². The van der Waals surface area contributed by atoms with E-state index in [2.05, 4.69) is 51.1 Å². The lowest BCUT2D eigenvalue weighted by molar-refractivity contribution is -0.00545. The normalized spacial score (nSPS) is 21.5. The number of rotatable bonds is 4. The predicted molar refractivity (Wildman–Crippen MR) is 91.8 cm³/mol. The molecule has 3 heterocycles. The summed E-state index contributed by atoms with van der Waals surface area (Å²) in [6.07, 6.45) is 2.36. The molecule has 3 rings (SSSR count). The van der Waals surface area contributed by atoms with Crippen molar-refractivity contribution in [3.63, 3.8) is 0 Å². The summed E-state index contributed by atoms with van der Waals surface area (Å²) in [6.45, 7) is 10.7. The maximum Gasteiger partial charge on any atom is 0.128 e. The Labute approximate surface area is 137 Å². The van der Waals surface area contributed by atoms with Crippen LogP contribution < -0.4 is 10.2 Å². The van der Waals surface area contributed by atoms with Crippen molar-refractivity contribution in [3.8, 4) is 0 Å². The maximum atomic E-state index is 5.77. The SMILES string of the molecule is Cc1nc(CNc2ccc(N3CC(C)OC(C)C3)nc2)[nH]c1C. The van der Waals surface area contributed by atoms with E-state index in [0.29, 0.717) is 6.54 Å². The molecule has 1 fully saturated rings. The van der Waals surface area contributed by atoms with Gasteiger partial charge in [-0.05, 0) is 39.8 Å². The van der Waals surface area contributed by atoms with Crippen molar-refractivity contribution < 1.29 is 4.74 Å². The highest BCUT2D eigenvalue weighted by Crippen LogP contribution is 2.19. The van der Waals surface area contributed by atoms with Gasteiger partial charge in [-0.1, -0.05) is 0 Å². The fourth-order valence-corrected chi connectivity index (χ4v) is 2.93. The molecular weight excluding hydrogens is 290 g/mol. The van der Waals surface area contributed by atoms with E-state index in [0.717, 1.165) is 41.8 Å². The molecule has 2 aromatic heterocycles. The lowest BCUT2D eigenvalue weighted by atomic mass is 10.2. The molecule has 0 bridgehead atoms. The molecule has 6 heteroatoms. The molecule has 1 saturated heterocycles. The minimum Gasteiger partial charge on any atom is -0.377 e. The molecule has 23 heavy (non-hydrogen) atoms. The summed E-state index contributed by atoms with van der Waals surface area (Å²) >= 11 is 0. The van der Waals surface area contributed by atoms with Gasteiger partial charge in [0.05, 0.1) is 36.3 Å². The Bertz CT molecular complexity index is 622. The number of aromatic nitrogens is 3. The van der Waals surface area contributed by atoms with Crippen LogP contribution in [0.4, 0.5) is 11.5 Å². The fraction of sp³-hybridized carbons (Fsp3) is 0.529. The molecule has 1 aliphatic rings. The van der Waals surface area contributed by atoms with E-state index in [1.807, 2.05) is 20.0 Å². The van der Waals surface area contributed by atoms with Crippen LogP contribution in [0.5, 0.6) is 0 Å². The van der Waals surface area contributed by atoms with Gasteiger partial charge in [0, 0.05) is 18.8 Å². The highest BCUT2D eigenvalue weighted by atomic mass is 16.5. The molecule has 0 saturated carbocycles. The monoisotopic (exact) mass is 315 g/mol. The summed E-state index contributed by atoms with van der Waals surface area (Å²) in [4.78, 5) is 14.6. The number of aromatic amines is 1. The second kappa shape index (κ2) is 6.58. The number of ether oxygens (including phenoxy) is 1. The zero-order valence-electron chi connectivity index (χ0n) is 14.3. The van der Waals surface area contributed by atoms with Crippen LogP contribution in [0.2, 0.25) is 0 Å². The van der Waals surface area contributed by atoms with Crippen LogP contribution in [0.1, 0.15) is 31.1 Å². The zero-order chi connectivity index (χ0) is 16.4. The average Bonchev–Trinajstić information content (AvgIpc) is 2.83. The Kier molecular flexibility index (Phi) is 4.52. The second-order valence-electron chi connectivity index (χ2n) is 6.31. The number of nitrogens with zero attached hydrogens (tertiary/aromatic N) is 3. The van der Waals surface area contributed by atoms with Crippen molar-refractivity contribution in [2.75, 3.05) is 23.3 Å². The van der Waals surface area contributed by atoms with Crippen molar-refractivity contribution in [1.82, 2.24) is 15.0 Å². The first-order chi connectivity index (χ1) is 11.0. The van der Waals surface area contributed by atoms with Crippen LogP contribution in [-0.4, -0.2) is 40.2 Å². The summed E-state index contributed by atoms with van der Waals surface area (Å²) in [6, 6.07) is 4.13. The molecule has 1 aliphatic heterocycles. The van der Waals surface area contributed by atoms with Crippen LogP contribution in [-0.2, 0) is 11.3 Å². The fourth-order valence-electron chi connectivity index (χ4n) is 2.93. The standard InChI is InChI=1S/C17H25N5O/c1-11-9-22(10-12(2)23-11)17-6-5-15(7-19-17)18-8-16-20-13(3)14(4)21-16/h5-7,11-12,18H,8-10H2,1-4H3,(H,20,21). The first-order valence-electron chi connectivity index (χ1n) is 8.13. The molecule has 0 aliphatic carbocycles. The molecule has 0 aromatic carbocycles. The van der Waals surface area contributed by atoms with Crippen molar-refractivity contribution in [2.24, 2.45) is 0 Å². The number of aryl methyl sites for hydroxylation is 2. The summed E-state index contributed by atoms with van der Waals surface area (Å²) in [5, 5.41) is 3.35. The molecule has 0 amide bonds. The van der Waals surface area contributed by atoms with E-state index in [4.69, 9.17) is 4.74 Å². The third-order valence-corrected chi connectivity index (χ3v) is 4.13. The topological polar surface area (TPSA) is 66.1 Å². The lowest BCUT2D eigenvalue weighted by Gasteiger charge is -2.36. The van der Waals surface area contributed by atoms with E-state index in [9.17, 15) is 0 Å². The van der Waals surface area contributed by atoms with Crippen LogP contribution in [0, 0.1) is 13.8 Å². The van der Waals surface area contributed by atoms with Crippen molar-refractivity contribution >= 4 is 11.5 Å². The smallest absolute Gasteiger partial charge is 0.128 e. The molecule has 124 valence electrons. The third kappa shape index (κ3) is 3.82. The van der Waals surface area contributed by atoms with E-state index < -0.39 is 0 Å². The highest BCUT2D eigenvalue weighted by Gasteiger charge is 2.22. The Morgan fingerprint density at radius 2 is 2.00 bits per heavy atom. The molecule has 2 N–H and O–H groups in total. The van der Waals surface area contributed by atoms with Crippen molar-refractivity contribution in [3.05, 3.63) is 35.5 Å². The third-order valence-electron chi connectivity index (χ3n) is 4.13. The van der Waals surface area contributed by atoms with E-state index >= 15 is 0 Å². The largest absolute Gasteiger partial charge is 0.377 e.